The van der Waals surface area contributed by atoms with Crippen molar-refractivity contribution in [2.24, 2.45) is 0 Å². The molecule has 0 aliphatic heterocycles. The van der Waals surface area contributed by atoms with Gasteiger partial charge in [0.05, 0.1) is 12.0 Å². The molecule has 1 atom stereocenters. The summed E-state index contributed by atoms with van der Waals surface area (Å²) in [7, 11) is 1.63. The zero-order valence-corrected chi connectivity index (χ0v) is 12.1. The van der Waals surface area contributed by atoms with Crippen LogP contribution in [0.25, 0.3) is 0 Å². The third-order valence-corrected chi connectivity index (χ3v) is 3.20. The van der Waals surface area contributed by atoms with Gasteiger partial charge in [0.2, 0.25) is 0 Å². The fourth-order valence-corrected chi connectivity index (χ4v) is 2.19. The van der Waals surface area contributed by atoms with Crippen LogP contribution in [0.4, 0.5) is 11.4 Å². The lowest BCUT2D eigenvalue weighted by Gasteiger charge is -2.15. The number of benzene rings is 2. The van der Waals surface area contributed by atoms with Crippen molar-refractivity contribution in [1.29, 1.82) is 0 Å². The first-order valence-electron chi connectivity index (χ1n) is 6.73. The molecule has 0 heterocycles. The van der Waals surface area contributed by atoms with Crippen molar-refractivity contribution in [2.75, 3.05) is 12.4 Å². The van der Waals surface area contributed by atoms with E-state index in [4.69, 9.17) is 4.74 Å². The normalized spacial score (nSPS) is 11.7. The van der Waals surface area contributed by atoms with Crippen LogP contribution in [-0.4, -0.2) is 18.1 Å². The van der Waals surface area contributed by atoms with Crippen LogP contribution in [-0.2, 0) is 6.42 Å². The number of nitro groups is 1. The average molecular weight is 286 g/mol. The van der Waals surface area contributed by atoms with Crippen molar-refractivity contribution < 1.29 is 9.66 Å². The molecule has 2 rings (SSSR count). The van der Waals surface area contributed by atoms with E-state index in [1.807, 2.05) is 31.2 Å². The zero-order valence-electron chi connectivity index (χ0n) is 12.1. The Kier molecular flexibility index (Phi) is 4.77. The number of rotatable bonds is 6. The third kappa shape index (κ3) is 3.95. The number of nitrogens with zero attached hydrogens (tertiary/aromatic N) is 1. The minimum Gasteiger partial charge on any atom is -0.497 e. The second-order valence-corrected chi connectivity index (χ2v) is 4.87. The predicted octanol–water partition coefficient (Wildman–Crippen LogP) is 3.65. The first-order chi connectivity index (χ1) is 10.1. The molecule has 0 aliphatic rings. The van der Waals surface area contributed by atoms with Crippen molar-refractivity contribution >= 4 is 11.4 Å². The van der Waals surface area contributed by atoms with Crippen LogP contribution < -0.4 is 10.1 Å². The SMILES string of the molecule is COc1ccc(CC(C)Nc2ccccc2[N+](=O)[O-])cc1. The first-order valence-corrected chi connectivity index (χ1v) is 6.73. The van der Waals surface area contributed by atoms with Gasteiger partial charge in [-0.15, -0.1) is 0 Å². The summed E-state index contributed by atoms with van der Waals surface area (Å²) >= 11 is 0. The second kappa shape index (κ2) is 6.74. The van der Waals surface area contributed by atoms with Gasteiger partial charge < -0.3 is 10.1 Å². The van der Waals surface area contributed by atoms with Gasteiger partial charge in [-0.2, -0.15) is 0 Å². The van der Waals surface area contributed by atoms with Gasteiger partial charge in [-0.05, 0) is 37.1 Å². The van der Waals surface area contributed by atoms with Gasteiger partial charge in [-0.3, -0.25) is 10.1 Å². The Morgan fingerprint density at radius 1 is 1.19 bits per heavy atom. The molecule has 2 aromatic carbocycles. The quantitative estimate of drug-likeness (QED) is 0.650. The van der Waals surface area contributed by atoms with Gasteiger partial charge in [0, 0.05) is 12.1 Å². The average Bonchev–Trinajstić information content (AvgIpc) is 2.48. The van der Waals surface area contributed by atoms with Gasteiger partial charge >= 0.3 is 0 Å². The third-order valence-electron chi connectivity index (χ3n) is 3.20. The highest BCUT2D eigenvalue weighted by molar-refractivity contribution is 5.61. The Hall–Kier alpha value is -2.56. The van der Waals surface area contributed by atoms with E-state index in [1.165, 1.54) is 6.07 Å². The molecule has 5 heteroatoms. The maximum absolute atomic E-state index is 11.0. The molecule has 0 radical (unpaired) electrons. The van der Waals surface area contributed by atoms with Crippen molar-refractivity contribution in [3.63, 3.8) is 0 Å². The van der Waals surface area contributed by atoms with E-state index < -0.39 is 0 Å². The summed E-state index contributed by atoms with van der Waals surface area (Å²) in [5, 5.41) is 14.2. The van der Waals surface area contributed by atoms with Crippen LogP contribution in [0.3, 0.4) is 0 Å². The van der Waals surface area contributed by atoms with Crippen molar-refractivity contribution in [2.45, 2.75) is 19.4 Å². The van der Waals surface area contributed by atoms with Crippen LogP contribution in [0.15, 0.2) is 48.5 Å². The highest BCUT2D eigenvalue weighted by atomic mass is 16.6. The predicted molar refractivity (Wildman–Crippen MR) is 82.9 cm³/mol. The molecule has 2 aromatic rings. The Morgan fingerprint density at radius 2 is 1.86 bits per heavy atom. The number of ether oxygens (including phenoxy) is 1. The van der Waals surface area contributed by atoms with E-state index >= 15 is 0 Å². The molecule has 0 fully saturated rings. The van der Waals surface area contributed by atoms with Gasteiger partial charge in [0.1, 0.15) is 11.4 Å². The smallest absolute Gasteiger partial charge is 0.292 e. The number of hydrogen-bond acceptors (Lipinski definition) is 4. The lowest BCUT2D eigenvalue weighted by Crippen LogP contribution is -2.18. The highest BCUT2D eigenvalue weighted by Gasteiger charge is 2.14. The van der Waals surface area contributed by atoms with E-state index in [9.17, 15) is 10.1 Å². The van der Waals surface area contributed by atoms with E-state index in [0.29, 0.717) is 5.69 Å². The molecule has 0 aliphatic carbocycles. The summed E-state index contributed by atoms with van der Waals surface area (Å²) in [4.78, 5) is 10.6. The van der Waals surface area contributed by atoms with E-state index in [2.05, 4.69) is 5.32 Å². The maximum Gasteiger partial charge on any atom is 0.292 e. The van der Waals surface area contributed by atoms with Gasteiger partial charge in [0.15, 0.2) is 0 Å². The number of methoxy groups -OCH3 is 1. The molecule has 0 amide bonds. The number of hydrogen-bond donors (Lipinski definition) is 1. The standard InChI is InChI=1S/C16H18N2O3/c1-12(11-13-7-9-14(21-2)10-8-13)17-15-5-3-4-6-16(15)18(19)20/h3-10,12,17H,11H2,1-2H3. The summed E-state index contributed by atoms with van der Waals surface area (Å²) in [5.41, 5.74) is 1.79. The summed E-state index contributed by atoms with van der Waals surface area (Å²) in [5.74, 6) is 0.818. The summed E-state index contributed by atoms with van der Waals surface area (Å²) in [6.45, 7) is 2.00. The summed E-state index contributed by atoms with van der Waals surface area (Å²) in [6.07, 6.45) is 0.774. The second-order valence-electron chi connectivity index (χ2n) is 4.87. The Balaban J connectivity index is 2.04. The topological polar surface area (TPSA) is 64.4 Å². The number of nitro benzene ring substituents is 1. The van der Waals surface area contributed by atoms with Crippen LogP contribution in [0.2, 0.25) is 0 Å². The van der Waals surface area contributed by atoms with Gasteiger partial charge in [0.25, 0.3) is 5.69 Å². The molecule has 0 saturated heterocycles. The van der Waals surface area contributed by atoms with Crippen molar-refractivity contribution in [3.8, 4) is 5.75 Å². The maximum atomic E-state index is 11.0. The summed E-state index contributed by atoms with van der Waals surface area (Å²) < 4.78 is 5.12. The van der Waals surface area contributed by atoms with Crippen LogP contribution >= 0.6 is 0 Å². The Morgan fingerprint density at radius 3 is 2.48 bits per heavy atom. The van der Waals surface area contributed by atoms with Crippen LogP contribution in [0.5, 0.6) is 5.75 Å². The Labute approximate surface area is 123 Å². The van der Waals surface area contributed by atoms with E-state index in [0.717, 1.165) is 17.7 Å². The molecule has 0 saturated carbocycles. The lowest BCUT2D eigenvalue weighted by molar-refractivity contribution is -0.384. The van der Waals surface area contributed by atoms with Crippen molar-refractivity contribution in [1.82, 2.24) is 0 Å². The van der Waals surface area contributed by atoms with Gasteiger partial charge in [-0.1, -0.05) is 24.3 Å². The molecule has 1 N–H and O–H groups in total. The number of anilines is 1. The molecule has 110 valence electrons. The number of para-hydroxylation sites is 2. The minimum atomic E-state index is -0.373. The fraction of sp³-hybridized carbons (Fsp3) is 0.250. The monoisotopic (exact) mass is 286 g/mol. The van der Waals surface area contributed by atoms with Crippen LogP contribution in [0, 0.1) is 10.1 Å². The first kappa shape index (κ1) is 14.8. The van der Waals surface area contributed by atoms with E-state index in [-0.39, 0.29) is 16.7 Å². The molecule has 5 nitrogen and oxygen atoms in total. The van der Waals surface area contributed by atoms with Gasteiger partial charge in [-0.25, -0.2) is 0 Å². The molecular weight excluding hydrogens is 268 g/mol. The fourth-order valence-electron chi connectivity index (χ4n) is 2.19. The largest absolute Gasteiger partial charge is 0.497 e. The molecule has 0 spiro atoms. The minimum absolute atomic E-state index is 0.0829. The molecule has 0 bridgehead atoms. The molecule has 21 heavy (non-hydrogen) atoms. The lowest BCUT2D eigenvalue weighted by atomic mass is 10.1. The molecule has 0 aromatic heterocycles. The number of nitrogens with one attached hydrogen (secondary N) is 1. The highest BCUT2D eigenvalue weighted by Crippen LogP contribution is 2.24. The molecular formula is C16H18N2O3. The van der Waals surface area contributed by atoms with Crippen LogP contribution in [0.1, 0.15) is 12.5 Å². The molecule has 1 unspecified atom stereocenters. The zero-order chi connectivity index (χ0) is 15.2. The Bertz CT molecular complexity index is 611. The van der Waals surface area contributed by atoms with Crippen molar-refractivity contribution in [3.05, 3.63) is 64.2 Å². The summed E-state index contributed by atoms with van der Waals surface area (Å²) in [6, 6.07) is 14.6. The van der Waals surface area contributed by atoms with E-state index in [1.54, 1.807) is 25.3 Å².